The van der Waals surface area contributed by atoms with Crippen LogP contribution in [0.1, 0.15) is 6.92 Å². The smallest absolute Gasteiger partial charge is 0.236 e. The topological polar surface area (TPSA) is 70.7 Å². The largest absolute Gasteiger partial charge is 0.354 e. The van der Waals surface area contributed by atoms with Crippen LogP contribution in [0.4, 0.5) is 5.13 Å². The van der Waals surface area contributed by atoms with E-state index in [4.69, 9.17) is 0 Å². The van der Waals surface area contributed by atoms with Crippen LogP contribution >= 0.6 is 34.9 Å². The highest BCUT2D eigenvalue weighted by Crippen LogP contribution is 2.37. The van der Waals surface area contributed by atoms with Crippen molar-refractivity contribution in [1.29, 1.82) is 0 Å². The molecule has 0 fully saturated rings. The Hall–Kier alpha value is -2.29. The van der Waals surface area contributed by atoms with Gasteiger partial charge in [-0.15, -0.1) is 22.0 Å². The summed E-state index contributed by atoms with van der Waals surface area (Å²) in [5.41, 5.74) is 3.21. The predicted octanol–water partition coefficient (Wildman–Crippen LogP) is 5.53. The molecule has 8 heteroatoms. The Kier molecular flexibility index (Phi) is 5.99. The number of benzene rings is 2. The van der Waals surface area contributed by atoms with Gasteiger partial charge < -0.3 is 4.98 Å². The molecule has 2 aromatic carbocycles. The molecule has 0 spiro atoms. The molecular formula is C20H18N4OS3. The van der Waals surface area contributed by atoms with E-state index in [2.05, 4.69) is 51.7 Å². The SMILES string of the molecule is CCSc1nnc(NC(=O)CSc2c(-c3ccccc3)[nH]c3ccccc23)s1. The highest BCUT2D eigenvalue weighted by atomic mass is 32.2. The average Bonchev–Trinajstić information content (AvgIpc) is 3.31. The van der Waals surface area contributed by atoms with E-state index in [0.717, 1.165) is 37.1 Å². The number of aromatic nitrogens is 3. The third kappa shape index (κ3) is 4.24. The number of rotatable bonds is 7. The minimum Gasteiger partial charge on any atom is -0.354 e. The maximum absolute atomic E-state index is 12.4. The van der Waals surface area contributed by atoms with Gasteiger partial charge in [0, 0.05) is 15.8 Å². The van der Waals surface area contributed by atoms with Crippen molar-refractivity contribution in [1.82, 2.24) is 15.2 Å². The van der Waals surface area contributed by atoms with Crippen LogP contribution in [0.2, 0.25) is 0 Å². The fourth-order valence-electron chi connectivity index (χ4n) is 2.81. The Morgan fingerprint density at radius 3 is 2.68 bits per heavy atom. The van der Waals surface area contributed by atoms with E-state index >= 15 is 0 Å². The minimum absolute atomic E-state index is 0.0847. The lowest BCUT2D eigenvalue weighted by molar-refractivity contribution is -0.113. The van der Waals surface area contributed by atoms with Crippen molar-refractivity contribution >= 4 is 56.8 Å². The Morgan fingerprint density at radius 2 is 1.86 bits per heavy atom. The van der Waals surface area contributed by atoms with Crippen LogP contribution in [0.25, 0.3) is 22.2 Å². The fourth-order valence-corrected chi connectivity index (χ4v) is 5.47. The summed E-state index contributed by atoms with van der Waals surface area (Å²) < 4.78 is 0.869. The molecule has 0 saturated heterocycles. The zero-order valence-electron chi connectivity index (χ0n) is 15.1. The highest BCUT2D eigenvalue weighted by Gasteiger charge is 2.16. The molecule has 0 saturated carbocycles. The first-order valence-corrected chi connectivity index (χ1v) is 11.6. The van der Waals surface area contributed by atoms with Gasteiger partial charge in [0.1, 0.15) is 0 Å². The van der Waals surface area contributed by atoms with E-state index in [9.17, 15) is 4.79 Å². The second-order valence-electron chi connectivity index (χ2n) is 5.88. The molecule has 2 aromatic heterocycles. The number of amides is 1. The van der Waals surface area contributed by atoms with E-state index in [1.165, 1.54) is 23.1 Å². The summed E-state index contributed by atoms with van der Waals surface area (Å²) in [5.74, 6) is 1.15. The summed E-state index contributed by atoms with van der Waals surface area (Å²) in [7, 11) is 0. The molecule has 2 N–H and O–H groups in total. The van der Waals surface area contributed by atoms with Gasteiger partial charge in [0.2, 0.25) is 11.0 Å². The summed E-state index contributed by atoms with van der Waals surface area (Å²) in [6.45, 7) is 2.06. The van der Waals surface area contributed by atoms with Crippen LogP contribution in [0, 0.1) is 0 Å². The molecule has 28 heavy (non-hydrogen) atoms. The van der Waals surface area contributed by atoms with Gasteiger partial charge in [-0.1, -0.05) is 78.6 Å². The van der Waals surface area contributed by atoms with Crippen molar-refractivity contribution in [3.05, 3.63) is 54.6 Å². The summed E-state index contributed by atoms with van der Waals surface area (Å²) in [4.78, 5) is 17.0. The van der Waals surface area contributed by atoms with Crippen molar-refractivity contribution in [2.45, 2.75) is 16.2 Å². The lowest BCUT2D eigenvalue weighted by atomic mass is 10.1. The van der Waals surface area contributed by atoms with E-state index in [1.54, 1.807) is 11.8 Å². The molecule has 4 aromatic rings. The second-order valence-corrected chi connectivity index (χ2v) is 9.36. The van der Waals surface area contributed by atoms with Crippen molar-refractivity contribution in [3.8, 4) is 11.3 Å². The van der Waals surface area contributed by atoms with Crippen LogP contribution in [0.3, 0.4) is 0 Å². The molecule has 5 nitrogen and oxygen atoms in total. The summed E-state index contributed by atoms with van der Waals surface area (Å²) in [6, 6.07) is 18.3. The first kappa shape index (κ1) is 19.0. The van der Waals surface area contributed by atoms with Gasteiger partial charge in [0.05, 0.1) is 11.4 Å². The normalized spacial score (nSPS) is 11.0. The van der Waals surface area contributed by atoms with Gasteiger partial charge in [-0.2, -0.15) is 0 Å². The van der Waals surface area contributed by atoms with Gasteiger partial charge in [0.15, 0.2) is 4.34 Å². The van der Waals surface area contributed by atoms with E-state index < -0.39 is 0 Å². The number of carbonyl (C=O) groups excluding carboxylic acids is 1. The van der Waals surface area contributed by atoms with Gasteiger partial charge in [0.25, 0.3) is 0 Å². The first-order chi connectivity index (χ1) is 13.7. The van der Waals surface area contributed by atoms with Crippen LogP contribution in [-0.2, 0) is 4.79 Å². The van der Waals surface area contributed by atoms with Crippen molar-refractivity contribution < 1.29 is 4.79 Å². The predicted molar refractivity (Wildman–Crippen MR) is 119 cm³/mol. The van der Waals surface area contributed by atoms with Gasteiger partial charge in [-0.25, -0.2) is 0 Å². The lowest BCUT2D eigenvalue weighted by Gasteiger charge is -2.05. The third-order valence-electron chi connectivity index (χ3n) is 3.99. The molecule has 142 valence electrons. The zero-order chi connectivity index (χ0) is 19.3. The molecule has 0 aliphatic carbocycles. The maximum Gasteiger partial charge on any atom is 0.236 e. The van der Waals surface area contributed by atoms with Crippen LogP contribution in [0.5, 0.6) is 0 Å². The number of hydrogen-bond donors (Lipinski definition) is 2. The number of H-pyrrole nitrogens is 1. The molecule has 0 bridgehead atoms. The summed E-state index contributed by atoms with van der Waals surface area (Å²) >= 11 is 4.56. The molecule has 1 amide bonds. The zero-order valence-corrected chi connectivity index (χ0v) is 17.6. The summed E-state index contributed by atoms with van der Waals surface area (Å²) in [5, 5.41) is 12.6. The van der Waals surface area contributed by atoms with Gasteiger partial charge >= 0.3 is 0 Å². The van der Waals surface area contributed by atoms with Gasteiger partial charge in [-0.3, -0.25) is 10.1 Å². The Morgan fingerprint density at radius 1 is 1.07 bits per heavy atom. The van der Waals surface area contributed by atoms with Crippen molar-refractivity contribution in [3.63, 3.8) is 0 Å². The number of hydrogen-bond acceptors (Lipinski definition) is 6. The number of aromatic amines is 1. The number of fused-ring (bicyclic) bond motifs is 1. The number of nitrogens with one attached hydrogen (secondary N) is 2. The maximum atomic E-state index is 12.4. The second kappa shape index (κ2) is 8.81. The number of thioether (sulfide) groups is 2. The molecule has 0 atom stereocenters. The van der Waals surface area contributed by atoms with E-state index in [1.807, 2.05) is 30.3 Å². The summed E-state index contributed by atoms with van der Waals surface area (Å²) in [6.07, 6.45) is 0. The van der Waals surface area contributed by atoms with Crippen LogP contribution in [0.15, 0.2) is 63.8 Å². The Labute approximate surface area is 175 Å². The standard InChI is InChI=1S/C20H18N4OS3/c1-2-26-20-24-23-19(28-20)22-16(25)12-27-18-14-10-6-7-11-15(14)21-17(18)13-8-4-3-5-9-13/h3-11,21H,2,12H2,1H3,(H,22,23,25). The number of carbonyl (C=O) groups is 1. The Balaban J connectivity index is 1.53. The highest BCUT2D eigenvalue weighted by molar-refractivity contribution is 8.01. The molecule has 0 radical (unpaired) electrons. The molecule has 0 aliphatic heterocycles. The Bertz CT molecular complexity index is 1090. The third-order valence-corrected chi connectivity index (χ3v) is 6.96. The quantitative estimate of drug-likeness (QED) is 0.300. The fraction of sp³-hybridized carbons (Fsp3) is 0.150. The number of nitrogens with zero attached hydrogens (tertiary/aromatic N) is 2. The molecule has 0 aliphatic rings. The molecule has 2 heterocycles. The lowest BCUT2D eigenvalue weighted by Crippen LogP contribution is -2.13. The van der Waals surface area contributed by atoms with Crippen molar-refractivity contribution in [2.75, 3.05) is 16.8 Å². The molecule has 0 unspecified atom stereocenters. The molecule has 4 rings (SSSR count). The molecular weight excluding hydrogens is 408 g/mol. The van der Waals surface area contributed by atoms with E-state index in [-0.39, 0.29) is 5.91 Å². The van der Waals surface area contributed by atoms with Crippen LogP contribution < -0.4 is 5.32 Å². The monoisotopic (exact) mass is 426 g/mol. The average molecular weight is 427 g/mol. The number of para-hydroxylation sites is 1. The van der Waals surface area contributed by atoms with Crippen LogP contribution in [-0.4, -0.2) is 32.6 Å². The van der Waals surface area contributed by atoms with E-state index in [0.29, 0.717) is 10.9 Å². The minimum atomic E-state index is -0.0847. The first-order valence-electron chi connectivity index (χ1n) is 8.79. The number of anilines is 1. The van der Waals surface area contributed by atoms with Gasteiger partial charge in [-0.05, 0) is 17.4 Å². The van der Waals surface area contributed by atoms with Crippen molar-refractivity contribution in [2.24, 2.45) is 0 Å².